The molecular formula is C15H27N3O2. The van der Waals surface area contributed by atoms with Crippen molar-refractivity contribution in [2.24, 2.45) is 0 Å². The summed E-state index contributed by atoms with van der Waals surface area (Å²) >= 11 is 0. The van der Waals surface area contributed by atoms with E-state index in [0.29, 0.717) is 12.6 Å². The quantitative estimate of drug-likeness (QED) is 0.835. The molecule has 0 aliphatic carbocycles. The van der Waals surface area contributed by atoms with Crippen molar-refractivity contribution in [1.82, 2.24) is 9.55 Å². The maximum Gasteiger partial charge on any atom is 0.203 e. The Morgan fingerprint density at radius 3 is 3.00 bits per heavy atom. The predicted octanol–water partition coefficient (Wildman–Crippen LogP) is 2.68. The van der Waals surface area contributed by atoms with Crippen molar-refractivity contribution in [3.8, 4) is 0 Å². The first-order chi connectivity index (χ1) is 9.73. The average Bonchev–Trinajstić information content (AvgIpc) is 2.92. The van der Waals surface area contributed by atoms with Crippen LogP contribution in [0.4, 0.5) is 5.95 Å². The standard InChI is InChI=1S/C15H27N3O2/c1-4-15(5-2)12-13(6-10-20-15)17-14-16-7-8-18(14)9-11-19-3/h7-8,13H,4-6,9-12H2,1-3H3,(H,16,17). The molecule has 2 heterocycles. The van der Waals surface area contributed by atoms with E-state index in [2.05, 4.69) is 28.7 Å². The molecule has 5 nitrogen and oxygen atoms in total. The van der Waals surface area contributed by atoms with Crippen LogP contribution in [0.2, 0.25) is 0 Å². The second-order valence-corrected chi connectivity index (χ2v) is 5.51. The van der Waals surface area contributed by atoms with Gasteiger partial charge in [-0.3, -0.25) is 0 Å². The fourth-order valence-electron chi connectivity index (χ4n) is 2.90. The van der Waals surface area contributed by atoms with Gasteiger partial charge in [-0.05, 0) is 25.7 Å². The number of aromatic nitrogens is 2. The van der Waals surface area contributed by atoms with Crippen molar-refractivity contribution in [2.75, 3.05) is 25.6 Å². The third kappa shape index (κ3) is 3.52. The number of hydrogen-bond acceptors (Lipinski definition) is 4. The monoisotopic (exact) mass is 281 g/mol. The van der Waals surface area contributed by atoms with Crippen LogP contribution in [0.15, 0.2) is 12.4 Å². The van der Waals surface area contributed by atoms with E-state index in [0.717, 1.165) is 44.8 Å². The van der Waals surface area contributed by atoms with Gasteiger partial charge in [0.25, 0.3) is 0 Å². The summed E-state index contributed by atoms with van der Waals surface area (Å²) in [5.41, 5.74) is 0.0415. The molecule has 1 aromatic rings. The second-order valence-electron chi connectivity index (χ2n) is 5.51. The van der Waals surface area contributed by atoms with Crippen molar-refractivity contribution in [3.05, 3.63) is 12.4 Å². The molecule has 1 atom stereocenters. The highest BCUT2D eigenvalue weighted by molar-refractivity contribution is 5.28. The molecule has 1 saturated heterocycles. The average molecular weight is 281 g/mol. The molecule has 0 radical (unpaired) electrons. The Labute approximate surface area is 121 Å². The van der Waals surface area contributed by atoms with Gasteiger partial charge >= 0.3 is 0 Å². The van der Waals surface area contributed by atoms with E-state index < -0.39 is 0 Å². The summed E-state index contributed by atoms with van der Waals surface area (Å²) in [7, 11) is 1.72. The smallest absolute Gasteiger partial charge is 0.203 e. The van der Waals surface area contributed by atoms with Gasteiger partial charge in [-0.25, -0.2) is 4.98 Å². The fourth-order valence-corrected chi connectivity index (χ4v) is 2.90. The molecule has 0 aromatic carbocycles. The number of hydrogen-bond donors (Lipinski definition) is 1. The highest BCUT2D eigenvalue weighted by Gasteiger charge is 2.34. The van der Waals surface area contributed by atoms with Crippen molar-refractivity contribution in [2.45, 2.75) is 57.7 Å². The van der Waals surface area contributed by atoms with Crippen molar-refractivity contribution < 1.29 is 9.47 Å². The molecule has 114 valence electrons. The van der Waals surface area contributed by atoms with Gasteiger partial charge in [0.2, 0.25) is 5.95 Å². The van der Waals surface area contributed by atoms with Crippen LogP contribution >= 0.6 is 0 Å². The molecule has 1 aliphatic heterocycles. The highest BCUT2D eigenvalue weighted by Crippen LogP contribution is 2.32. The van der Waals surface area contributed by atoms with Crippen molar-refractivity contribution in [3.63, 3.8) is 0 Å². The molecule has 0 bridgehead atoms. The van der Waals surface area contributed by atoms with Gasteiger partial charge in [0.15, 0.2) is 0 Å². The number of nitrogens with zero attached hydrogens (tertiary/aromatic N) is 2. The number of methoxy groups -OCH3 is 1. The largest absolute Gasteiger partial charge is 0.383 e. The van der Waals surface area contributed by atoms with Crippen molar-refractivity contribution in [1.29, 1.82) is 0 Å². The van der Waals surface area contributed by atoms with Gasteiger partial charge in [0.05, 0.1) is 12.2 Å². The van der Waals surface area contributed by atoms with Gasteiger partial charge < -0.3 is 19.4 Å². The topological polar surface area (TPSA) is 48.3 Å². The Hall–Kier alpha value is -1.07. The normalized spacial score (nSPS) is 21.9. The summed E-state index contributed by atoms with van der Waals surface area (Å²) < 4.78 is 13.3. The van der Waals surface area contributed by atoms with Gasteiger partial charge in [-0.1, -0.05) is 13.8 Å². The molecule has 1 N–H and O–H groups in total. The number of rotatable bonds is 7. The predicted molar refractivity (Wildman–Crippen MR) is 80.0 cm³/mol. The summed E-state index contributed by atoms with van der Waals surface area (Å²) in [6, 6.07) is 0.437. The second kappa shape index (κ2) is 7.09. The molecule has 20 heavy (non-hydrogen) atoms. The highest BCUT2D eigenvalue weighted by atomic mass is 16.5. The Morgan fingerprint density at radius 2 is 2.30 bits per heavy atom. The van der Waals surface area contributed by atoms with Crippen LogP contribution in [-0.2, 0) is 16.0 Å². The lowest BCUT2D eigenvalue weighted by atomic mass is 9.86. The lowest BCUT2D eigenvalue weighted by Gasteiger charge is -2.40. The number of ether oxygens (including phenoxy) is 2. The Morgan fingerprint density at radius 1 is 1.50 bits per heavy atom. The first-order valence-corrected chi connectivity index (χ1v) is 7.63. The number of nitrogens with one attached hydrogen (secondary N) is 1. The van der Waals surface area contributed by atoms with Gasteiger partial charge in [0.1, 0.15) is 0 Å². The van der Waals surface area contributed by atoms with Crippen molar-refractivity contribution >= 4 is 5.95 Å². The summed E-state index contributed by atoms with van der Waals surface area (Å²) in [5.74, 6) is 0.940. The van der Waals surface area contributed by atoms with Crippen LogP contribution in [-0.4, -0.2) is 41.5 Å². The maximum absolute atomic E-state index is 6.02. The number of imidazole rings is 1. The first-order valence-electron chi connectivity index (χ1n) is 7.63. The minimum atomic E-state index is 0.0415. The molecule has 5 heteroatoms. The third-order valence-corrected chi connectivity index (χ3v) is 4.37. The van der Waals surface area contributed by atoms with Crippen LogP contribution in [0.1, 0.15) is 39.5 Å². The lowest BCUT2D eigenvalue weighted by Crippen LogP contribution is -2.44. The fraction of sp³-hybridized carbons (Fsp3) is 0.800. The van der Waals surface area contributed by atoms with E-state index in [1.54, 1.807) is 7.11 Å². The molecular weight excluding hydrogens is 254 g/mol. The van der Waals surface area contributed by atoms with Crippen LogP contribution in [0, 0.1) is 0 Å². The zero-order valence-electron chi connectivity index (χ0n) is 12.9. The Balaban J connectivity index is 1.97. The minimum absolute atomic E-state index is 0.0415. The summed E-state index contributed by atoms with van der Waals surface area (Å²) in [4.78, 5) is 4.42. The molecule has 1 unspecified atom stereocenters. The van der Waals surface area contributed by atoms with Gasteiger partial charge in [0, 0.05) is 38.7 Å². The summed E-state index contributed by atoms with van der Waals surface area (Å²) in [6.07, 6.45) is 8.06. The SMILES string of the molecule is CCC1(CC)CC(Nc2nccn2CCOC)CCO1. The van der Waals surface area contributed by atoms with E-state index in [4.69, 9.17) is 9.47 Å². The minimum Gasteiger partial charge on any atom is -0.383 e. The van der Waals surface area contributed by atoms with E-state index in [9.17, 15) is 0 Å². The van der Waals surface area contributed by atoms with Crippen LogP contribution in [0.25, 0.3) is 0 Å². The van der Waals surface area contributed by atoms with Crippen LogP contribution in [0.5, 0.6) is 0 Å². The zero-order chi connectivity index (χ0) is 14.4. The molecule has 1 aromatic heterocycles. The molecule has 2 rings (SSSR count). The van der Waals surface area contributed by atoms with Crippen LogP contribution < -0.4 is 5.32 Å². The molecule has 0 saturated carbocycles. The molecule has 1 fully saturated rings. The molecule has 1 aliphatic rings. The van der Waals surface area contributed by atoms with E-state index in [1.807, 2.05) is 12.4 Å². The Kier molecular flexibility index (Phi) is 5.43. The number of anilines is 1. The zero-order valence-corrected chi connectivity index (χ0v) is 12.9. The van der Waals surface area contributed by atoms with Crippen LogP contribution in [0.3, 0.4) is 0 Å². The maximum atomic E-state index is 6.02. The van der Waals surface area contributed by atoms with E-state index >= 15 is 0 Å². The lowest BCUT2D eigenvalue weighted by molar-refractivity contribution is -0.0865. The molecule has 0 amide bonds. The first kappa shape index (κ1) is 15.3. The Bertz CT molecular complexity index is 402. The van der Waals surface area contributed by atoms with E-state index in [-0.39, 0.29) is 5.60 Å². The molecule has 0 spiro atoms. The van der Waals surface area contributed by atoms with Gasteiger partial charge in [-0.2, -0.15) is 0 Å². The van der Waals surface area contributed by atoms with E-state index in [1.165, 1.54) is 0 Å². The third-order valence-electron chi connectivity index (χ3n) is 4.37. The summed E-state index contributed by atoms with van der Waals surface area (Å²) in [6.45, 7) is 6.79. The summed E-state index contributed by atoms with van der Waals surface area (Å²) in [5, 5.41) is 3.58. The van der Waals surface area contributed by atoms with Gasteiger partial charge in [-0.15, -0.1) is 0 Å².